The fourth-order valence-corrected chi connectivity index (χ4v) is 3.53. The van der Waals surface area contributed by atoms with E-state index < -0.39 is 11.4 Å². The van der Waals surface area contributed by atoms with Crippen LogP contribution in [0.15, 0.2) is 18.2 Å². The van der Waals surface area contributed by atoms with Crippen molar-refractivity contribution >= 4 is 5.97 Å². The number of methoxy groups -OCH3 is 1. The zero-order valence-electron chi connectivity index (χ0n) is 12.6. The number of hydrogen-bond donors (Lipinski definition) is 1. The van der Waals surface area contributed by atoms with Gasteiger partial charge in [0.25, 0.3) is 0 Å². The molecule has 1 aliphatic heterocycles. The summed E-state index contributed by atoms with van der Waals surface area (Å²) >= 11 is 0. The lowest BCUT2D eigenvalue weighted by molar-refractivity contribution is -0.153. The lowest BCUT2D eigenvalue weighted by Gasteiger charge is -2.30. The van der Waals surface area contributed by atoms with Gasteiger partial charge in [-0.15, -0.1) is 0 Å². The van der Waals surface area contributed by atoms with E-state index in [0.29, 0.717) is 25.4 Å². The van der Waals surface area contributed by atoms with Crippen molar-refractivity contribution in [3.05, 3.63) is 29.3 Å². The number of aliphatic carboxylic acids is 1. The van der Waals surface area contributed by atoms with Gasteiger partial charge in [-0.2, -0.15) is 0 Å². The maximum absolute atomic E-state index is 12.0. The number of ether oxygens (including phenoxy) is 2. The molecule has 1 aliphatic carbocycles. The molecular weight excluding hydrogens is 268 g/mol. The first kappa shape index (κ1) is 14.4. The Balaban J connectivity index is 1.96. The van der Waals surface area contributed by atoms with Crippen LogP contribution < -0.4 is 4.74 Å². The summed E-state index contributed by atoms with van der Waals surface area (Å²) in [7, 11) is 1.63. The van der Waals surface area contributed by atoms with E-state index in [1.54, 1.807) is 7.11 Å². The molecule has 21 heavy (non-hydrogen) atoms. The van der Waals surface area contributed by atoms with E-state index in [2.05, 4.69) is 0 Å². The molecule has 2 aliphatic rings. The normalized spacial score (nSPS) is 28.6. The molecule has 0 amide bonds. The molecule has 1 heterocycles. The predicted molar refractivity (Wildman–Crippen MR) is 78.6 cm³/mol. The lowest BCUT2D eigenvalue weighted by atomic mass is 9.74. The maximum Gasteiger partial charge on any atom is 0.312 e. The molecule has 1 saturated heterocycles. The minimum absolute atomic E-state index is 0.153. The van der Waals surface area contributed by atoms with Crippen molar-refractivity contribution in [2.24, 2.45) is 11.3 Å². The Kier molecular flexibility index (Phi) is 3.66. The molecule has 1 aromatic rings. The largest absolute Gasteiger partial charge is 0.496 e. The van der Waals surface area contributed by atoms with E-state index in [0.717, 1.165) is 29.7 Å². The molecule has 1 N–H and O–H groups in total. The summed E-state index contributed by atoms with van der Waals surface area (Å²) in [6, 6.07) is 5.94. The van der Waals surface area contributed by atoms with Gasteiger partial charge < -0.3 is 14.6 Å². The summed E-state index contributed by atoms with van der Waals surface area (Å²) in [6.45, 7) is 2.56. The Morgan fingerprint density at radius 3 is 2.86 bits per heavy atom. The molecule has 3 rings (SSSR count). The molecule has 1 aromatic carbocycles. The highest BCUT2D eigenvalue weighted by Crippen LogP contribution is 2.50. The van der Waals surface area contributed by atoms with Gasteiger partial charge in [-0.05, 0) is 50.2 Å². The lowest BCUT2D eigenvalue weighted by Crippen LogP contribution is -2.42. The summed E-state index contributed by atoms with van der Waals surface area (Å²) in [6.07, 6.45) is 3.09. The van der Waals surface area contributed by atoms with Crippen molar-refractivity contribution in [3.63, 3.8) is 0 Å². The number of carbonyl (C=O) groups is 1. The maximum atomic E-state index is 12.0. The standard InChI is InChI=1S/C17H22O4/c1-11-3-6-14(20-2)13(9-11)10-17(16(18)19)7-8-21-15(17)12-4-5-12/h3,6,9,12,15H,4-5,7-8,10H2,1-2H3,(H,18,19). The Morgan fingerprint density at radius 2 is 2.24 bits per heavy atom. The smallest absolute Gasteiger partial charge is 0.312 e. The first-order chi connectivity index (χ1) is 10.1. The predicted octanol–water partition coefficient (Wildman–Crippen LogP) is 2.82. The molecule has 2 fully saturated rings. The van der Waals surface area contributed by atoms with E-state index in [4.69, 9.17) is 9.47 Å². The quantitative estimate of drug-likeness (QED) is 0.906. The van der Waals surface area contributed by atoms with Crippen LogP contribution in [0.3, 0.4) is 0 Å². The van der Waals surface area contributed by atoms with Crippen molar-refractivity contribution in [2.75, 3.05) is 13.7 Å². The molecule has 4 heteroatoms. The van der Waals surface area contributed by atoms with E-state index in [-0.39, 0.29) is 6.10 Å². The van der Waals surface area contributed by atoms with Crippen LogP contribution in [0.1, 0.15) is 30.4 Å². The number of carboxylic acid groups (broad SMARTS) is 1. The molecule has 4 nitrogen and oxygen atoms in total. The average molecular weight is 290 g/mol. The second kappa shape index (κ2) is 5.34. The minimum atomic E-state index is -0.803. The van der Waals surface area contributed by atoms with Crippen LogP contribution in [0.2, 0.25) is 0 Å². The third kappa shape index (κ3) is 2.53. The van der Waals surface area contributed by atoms with Gasteiger partial charge in [-0.25, -0.2) is 0 Å². The van der Waals surface area contributed by atoms with Gasteiger partial charge in [0, 0.05) is 6.61 Å². The van der Waals surface area contributed by atoms with Gasteiger partial charge in [-0.3, -0.25) is 4.79 Å². The van der Waals surface area contributed by atoms with E-state index in [1.807, 2.05) is 25.1 Å². The second-order valence-corrected chi connectivity index (χ2v) is 6.33. The molecule has 1 saturated carbocycles. The molecule has 0 radical (unpaired) electrons. The van der Waals surface area contributed by atoms with E-state index >= 15 is 0 Å². The van der Waals surface area contributed by atoms with Crippen molar-refractivity contribution in [1.29, 1.82) is 0 Å². The van der Waals surface area contributed by atoms with Gasteiger partial charge >= 0.3 is 5.97 Å². The molecule has 0 spiro atoms. The molecule has 114 valence electrons. The topological polar surface area (TPSA) is 55.8 Å². The van der Waals surface area contributed by atoms with Gasteiger partial charge in [0.05, 0.1) is 13.2 Å². The van der Waals surface area contributed by atoms with Crippen LogP contribution in [0.25, 0.3) is 0 Å². The fraction of sp³-hybridized carbons (Fsp3) is 0.588. The molecule has 0 bridgehead atoms. The Hall–Kier alpha value is -1.55. The zero-order valence-corrected chi connectivity index (χ0v) is 12.6. The molecule has 2 atom stereocenters. The summed E-state index contributed by atoms with van der Waals surface area (Å²) in [4.78, 5) is 12.0. The monoisotopic (exact) mass is 290 g/mol. The highest BCUT2D eigenvalue weighted by atomic mass is 16.5. The number of hydrogen-bond acceptors (Lipinski definition) is 3. The highest BCUT2D eigenvalue weighted by Gasteiger charge is 2.56. The van der Waals surface area contributed by atoms with Crippen molar-refractivity contribution < 1.29 is 19.4 Å². The van der Waals surface area contributed by atoms with Crippen molar-refractivity contribution in [3.8, 4) is 5.75 Å². The van der Waals surface area contributed by atoms with Gasteiger partial charge in [0.15, 0.2) is 0 Å². The summed E-state index contributed by atoms with van der Waals surface area (Å²) < 4.78 is 11.2. The van der Waals surface area contributed by atoms with Gasteiger partial charge in [0.1, 0.15) is 11.2 Å². The number of carboxylic acids is 1. The van der Waals surface area contributed by atoms with Gasteiger partial charge in [0.2, 0.25) is 0 Å². The van der Waals surface area contributed by atoms with Crippen LogP contribution in [-0.2, 0) is 16.0 Å². The summed E-state index contributed by atoms with van der Waals surface area (Å²) in [5.41, 5.74) is 1.28. The number of benzene rings is 1. The molecule has 2 unspecified atom stereocenters. The third-order valence-electron chi connectivity index (χ3n) is 4.81. The number of rotatable bonds is 5. The van der Waals surface area contributed by atoms with E-state index in [1.165, 1.54) is 0 Å². The molecule has 0 aromatic heterocycles. The zero-order chi connectivity index (χ0) is 15.0. The summed E-state index contributed by atoms with van der Waals surface area (Å²) in [5, 5.41) is 9.88. The number of aryl methyl sites for hydroxylation is 1. The Morgan fingerprint density at radius 1 is 1.48 bits per heavy atom. The van der Waals surface area contributed by atoms with Crippen LogP contribution in [0.4, 0.5) is 0 Å². The minimum Gasteiger partial charge on any atom is -0.496 e. The Bertz CT molecular complexity index is 550. The van der Waals surface area contributed by atoms with Crippen molar-refractivity contribution in [2.45, 2.75) is 38.7 Å². The summed E-state index contributed by atoms with van der Waals surface area (Å²) in [5.74, 6) is 0.447. The first-order valence-corrected chi connectivity index (χ1v) is 7.55. The van der Waals surface area contributed by atoms with Crippen LogP contribution in [-0.4, -0.2) is 30.9 Å². The van der Waals surface area contributed by atoms with E-state index in [9.17, 15) is 9.90 Å². The molecular formula is C17H22O4. The first-order valence-electron chi connectivity index (χ1n) is 7.55. The second-order valence-electron chi connectivity index (χ2n) is 6.33. The average Bonchev–Trinajstić information content (AvgIpc) is 3.20. The van der Waals surface area contributed by atoms with Crippen LogP contribution >= 0.6 is 0 Å². The van der Waals surface area contributed by atoms with Gasteiger partial charge in [-0.1, -0.05) is 17.7 Å². The third-order valence-corrected chi connectivity index (χ3v) is 4.81. The highest BCUT2D eigenvalue weighted by molar-refractivity contribution is 5.77. The van der Waals surface area contributed by atoms with Crippen molar-refractivity contribution in [1.82, 2.24) is 0 Å². The van der Waals surface area contributed by atoms with Crippen LogP contribution in [0.5, 0.6) is 5.75 Å². The Labute approximate surface area is 125 Å². The van der Waals surface area contributed by atoms with Crippen LogP contribution in [0, 0.1) is 18.3 Å². The SMILES string of the molecule is COc1ccc(C)cc1CC1(C(=O)O)CCOC1C1CC1. The fourth-order valence-electron chi connectivity index (χ4n) is 3.53.